The van der Waals surface area contributed by atoms with E-state index in [-0.39, 0.29) is 5.91 Å². The molecule has 2 aromatic rings. The fraction of sp³-hybridized carbons (Fsp3) is 0.353. The number of benzene rings is 2. The molecule has 0 aliphatic carbocycles. The predicted molar refractivity (Wildman–Crippen MR) is 82.0 cm³/mol. The maximum atomic E-state index is 12.2. The van der Waals surface area contributed by atoms with Gasteiger partial charge in [-0.3, -0.25) is 4.79 Å². The van der Waals surface area contributed by atoms with Gasteiger partial charge in [-0.15, -0.1) is 0 Å². The number of amides is 1. The molecular formula is C17H21NO2. The highest BCUT2D eigenvalue weighted by Crippen LogP contribution is 2.21. The van der Waals surface area contributed by atoms with Gasteiger partial charge in [-0.2, -0.15) is 0 Å². The first-order chi connectivity index (χ1) is 9.65. The van der Waals surface area contributed by atoms with E-state index in [2.05, 4.69) is 6.07 Å². The maximum absolute atomic E-state index is 12.2. The number of hydrogen-bond donors (Lipinski definition) is 0. The van der Waals surface area contributed by atoms with E-state index in [1.54, 1.807) is 11.8 Å². The molecule has 0 bridgehead atoms. The SMILES string of the molecule is CCN(CC)C(=O)C(C)Oc1ccc2ccccc2c1. The van der Waals surface area contributed by atoms with Crippen LogP contribution < -0.4 is 4.74 Å². The van der Waals surface area contributed by atoms with Crippen molar-refractivity contribution in [2.24, 2.45) is 0 Å². The van der Waals surface area contributed by atoms with Crippen LogP contribution in [0.2, 0.25) is 0 Å². The molecule has 2 rings (SSSR count). The standard InChI is InChI=1S/C17H21NO2/c1-4-18(5-2)17(19)13(3)20-16-11-10-14-8-6-7-9-15(14)12-16/h6-13H,4-5H2,1-3H3. The molecule has 0 fully saturated rings. The van der Waals surface area contributed by atoms with Gasteiger partial charge in [0.2, 0.25) is 0 Å². The monoisotopic (exact) mass is 271 g/mol. The Morgan fingerprint density at radius 3 is 2.40 bits per heavy atom. The molecule has 0 saturated heterocycles. The van der Waals surface area contributed by atoms with Crippen molar-refractivity contribution in [3.63, 3.8) is 0 Å². The van der Waals surface area contributed by atoms with Crippen molar-refractivity contribution >= 4 is 16.7 Å². The van der Waals surface area contributed by atoms with Crippen molar-refractivity contribution < 1.29 is 9.53 Å². The second-order valence-electron chi connectivity index (χ2n) is 4.78. The van der Waals surface area contributed by atoms with Crippen LogP contribution in [0.25, 0.3) is 10.8 Å². The van der Waals surface area contributed by atoms with E-state index in [1.165, 1.54) is 5.39 Å². The molecule has 0 spiro atoms. The fourth-order valence-electron chi connectivity index (χ4n) is 2.29. The topological polar surface area (TPSA) is 29.5 Å². The van der Waals surface area contributed by atoms with E-state index >= 15 is 0 Å². The molecule has 0 aliphatic rings. The highest BCUT2D eigenvalue weighted by molar-refractivity contribution is 5.84. The molecule has 0 saturated carbocycles. The largest absolute Gasteiger partial charge is 0.481 e. The lowest BCUT2D eigenvalue weighted by molar-refractivity contribution is -0.137. The summed E-state index contributed by atoms with van der Waals surface area (Å²) in [4.78, 5) is 14.0. The smallest absolute Gasteiger partial charge is 0.263 e. The number of carbonyl (C=O) groups is 1. The van der Waals surface area contributed by atoms with Gasteiger partial charge in [-0.05, 0) is 43.7 Å². The van der Waals surface area contributed by atoms with Gasteiger partial charge in [0.15, 0.2) is 6.10 Å². The van der Waals surface area contributed by atoms with Crippen molar-refractivity contribution in [3.05, 3.63) is 42.5 Å². The summed E-state index contributed by atoms with van der Waals surface area (Å²) in [5.41, 5.74) is 0. The van der Waals surface area contributed by atoms with Crippen LogP contribution >= 0.6 is 0 Å². The van der Waals surface area contributed by atoms with Gasteiger partial charge in [-0.25, -0.2) is 0 Å². The van der Waals surface area contributed by atoms with Gasteiger partial charge in [-0.1, -0.05) is 30.3 Å². The van der Waals surface area contributed by atoms with Crippen molar-refractivity contribution in [1.29, 1.82) is 0 Å². The van der Waals surface area contributed by atoms with Crippen LogP contribution in [0.1, 0.15) is 20.8 Å². The van der Waals surface area contributed by atoms with Gasteiger partial charge in [0.25, 0.3) is 5.91 Å². The molecule has 3 heteroatoms. The summed E-state index contributed by atoms with van der Waals surface area (Å²) in [5.74, 6) is 0.764. The van der Waals surface area contributed by atoms with E-state index in [0.717, 1.165) is 11.1 Å². The lowest BCUT2D eigenvalue weighted by Crippen LogP contribution is -2.40. The number of rotatable bonds is 5. The highest BCUT2D eigenvalue weighted by Gasteiger charge is 2.19. The van der Waals surface area contributed by atoms with E-state index in [9.17, 15) is 4.79 Å². The number of ether oxygens (including phenoxy) is 1. The number of nitrogens with zero attached hydrogens (tertiary/aromatic N) is 1. The molecule has 3 nitrogen and oxygen atoms in total. The Morgan fingerprint density at radius 2 is 1.75 bits per heavy atom. The average molecular weight is 271 g/mol. The van der Waals surface area contributed by atoms with E-state index in [1.807, 2.05) is 50.2 Å². The second kappa shape index (κ2) is 6.42. The van der Waals surface area contributed by atoms with Crippen molar-refractivity contribution in [1.82, 2.24) is 4.90 Å². The van der Waals surface area contributed by atoms with Crippen LogP contribution in [0.4, 0.5) is 0 Å². The first-order valence-corrected chi connectivity index (χ1v) is 7.10. The number of fused-ring (bicyclic) bond motifs is 1. The Kier molecular flexibility index (Phi) is 4.61. The molecule has 0 radical (unpaired) electrons. The summed E-state index contributed by atoms with van der Waals surface area (Å²) in [6, 6.07) is 14.0. The minimum absolute atomic E-state index is 0.0307. The van der Waals surface area contributed by atoms with Gasteiger partial charge in [0, 0.05) is 13.1 Å². The molecule has 20 heavy (non-hydrogen) atoms. The van der Waals surface area contributed by atoms with Crippen molar-refractivity contribution in [2.75, 3.05) is 13.1 Å². The molecule has 0 aliphatic heterocycles. The number of carbonyl (C=O) groups excluding carboxylic acids is 1. The van der Waals surface area contributed by atoms with Gasteiger partial charge < -0.3 is 9.64 Å². The van der Waals surface area contributed by atoms with Crippen LogP contribution in [0.3, 0.4) is 0 Å². The van der Waals surface area contributed by atoms with E-state index in [4.69, 9.17) is 4.74 Å². The third-order valence-electron chi connectivity index (χ3n) is 3.46. The molecular weight excluding hydrogens is 250 g/mol. The van der Waals surface area contributed by atoms with Crippen molar-refractivity contribution in [2.45, 2.75) is 26.9 Å². The zero-order chi connectivity index (χ0) is 14.5. The lowest BCUT2D eigenvalue weighted by Gasteiger charge is -2.23. The predicted octanol–water partition coefficient (Wildman–Crippen LogP) is 3.48. The molecule has 1 amide bonds. The summed E-state index contributed by atoms with van der Waals surface area (Å²) >= 11 is 0. The maximum Gasteiger partial charge on any atom is 0.263 e. The number of likely N-dealkylation sites (N-methyl/N-ethyl adjacent to an activating group) is 1. The lowest BCUT2D eigenvalue weighted by atomic mass is 10.1. The summed E-state index contributed by atoms with van der Waals surface area (Å²) in [5, 5.41) is 2.29. The van der Waals surface area contributed by atoms with Gasteiger partial charge in [0.05, 0.1) is 0 Å². The Bertz CT molecular complexity index is 590. The molecule has 0 aromatic heterocycles. The molecule has 0 heterocycles. The molecule has 106 valence electrons. The third kappa shape index (κ3) is 3.10. The third-order valence-corrected chi connectivity index (χ3v) is 3.46. The summed E-state index contributed by atoms with van der Waals surface area (Å²) < 4.78 is 5.78. The Morgan fingerprint density at radius 1 is 1.10 bits per heavy atom. The fourth-order valence-corrected chi connectivity index (χ4v) is 2.29. The number of hydrogen-bond acceptors (Lipinski definition) is 2. The second-order valence-corrected chi connectivity index (χ2v) is 4.78. The zero-order valence-electron chi connectivity index (χ0n) is 12.3. The molecule has 1 unspecified atom stereocenters. The summed E-state index contributed by atoms with van der Waals surface area (Å²) in [6.07, 6.45) is -0.462. The first-order valence-electron chi connectivity index (χ1n) is 7.10. The highest BCUT2D eigenvalue weighted by atomic mass is 16.5. The molecule has 2 aromatic carbocycles. The average Bonchev–Trinajstić information content (AvgIpc) is 2.48. The van der Waals surface area contributed by atoms with Crippen molar-refractivity contribution in [3.8, 4) is 5.75 Å². The minimum atomic E-state index is -0.462. The van der Waals surface area contributed by atoms with Crippen LogP contribution in [-0.4, -0.2) is 30.0 Å². The summed E-state index contributed by atoms with van der Waals surface area (Å²) in [7, 11) is 0. The summed E-state index contributed by atoms with van der Waals surface area (Å²) in [6.45, 7) is 7.17. The van der Waals surface area contributed by atoms with Crippen LogP contribution in [0, 0.1) is 0 Å². The van der Waals surface area contributed by atoms with Crippen LogP contribution in [-0.2, 0) is 4.79 Å². The molecule has 0 N–H and O–H groups in total. The van der Waals surface area contributed by atoms with Crippen LogP contribution in [0.5, 0.6) is 5.75 Å². The van der Waals surface area contributed by atoms with Gasteiger partial charge in [0.1, 0.15) is 5.75 Å². The van der Waals surface area contributed by atoms with Crippen LogP contribution in [0.15, 0.2) is 42.5 Å². The quantitative estimate of drug-likeness (QED) is 0.833. The Balaban J connectivity index is 2.13. The first kappa shape index (κ1) is 14.4. The van der Waals surface area contributed by atoms with E-state index in [0.29, 0.717) is 13.1 Å². The zero-order valence-corrected chi connectivity index (χ0v) is 12.3. The van der Waals surface area contributed by atoms with E-state index < -0.39 is 6.10 Å². The van der Waals surface area contributed by atoms with Gasteiger partial charge >= 0.3 is 0 Å². The molecule has 1 atom stereocenters. The Labute approximate surface area is 120 Å². The normalized spacial score (nSPS) is 12.2. The minimum Gasteiger partial charge on any atom is -0.481 e. The Hall–Kier alpha value is -2.03.